The molecule has 1 aromatic rings. The van der Waals surface area contributed by atoms with E-state index in [1.807, 2.05) is 13.0 Å². The summed E-state index contributed by atoms with van der Waals surface area (Å²) in [7, 11) is 3.11. The predicted molar refractivity (Wildman–Crippen MR) is 190 cm³/mol. The van der Waals surface area contributed by atoms with Gasteiger partial charge < -0.3 is 45.5 Å². The number of carbonyl (C=O) groups is 6. The van der Waals surface area contributed by atoms with Crippen molar-refractivity contribution in [2.75, 3.05) is 20.6 Å². The van der Waals surface area contributed by atoms with Crippen LogP contribution in [0.3, 0.4) is 0 Å². The van der Waals surface area contributed by atoms with Crippen LogP contribution >= 0.6 is 0 Å². The molecule has 15 nitrogen and oxygen atoms in total. The van der Waals surface area contributed by atoms with Crippen molar-refractivity contribution >= 4 is 35.9 Å². The first kappa shape index (κ1) is 44.6. The molecule has 0 saturated carbocycles. The highest BCUT2D eigenvalue weighted by molar-refractivity contribution is 5.91. The lowest BCUT2D eigenvalue weighted by atomic mass is 10.0. The van der Waals surface area contributed by atoms with Crippen molar-refractivity contribution in [2.45, 2.75) is 135 Å². The fourth-order valence-electron chi connectivity index (χ4n) is 4.71. The summed E-state index contributed by atoms with van der Waals surface area (Å²) in [5.41, 5.74) is -0.740. The molecule has 0 bridgehead atoms. The first-order valence-electron chi connectivity index (χ1n) is 17.4. The van der Waals surface area contributed by atoms with Crippen LogP contribution in [0.1, 0.15) is 99.0 Å². The zero-order chi connectivity index (χ0) is 38.8. The van der Waals surface area contributed by atoms with Crippen molar-refractivity contribution in [1.82, 2.24) is 26.2 Å². The van der Waals surface area contributed by atoms with Crippen LogP contribution in [-0.4, -0.2) is 102 Å². The minimum absolute atomic E-state index is 0.0729. The number of carbonyl (C=O) groups excluding carboxylic acids is 6. The largest absolute Gasteiger partial charge is 0.460 e. The Hall–Kier alpha value is -4.40. The second-order valence-electron chi connectivity index (χ2n) is 14.5. The Morgan fingerprint density at radius 1 is 0.765 bits per heavy atom. The molecule has 0 aliphatic heterocycles. The molecule has 0 aliphatic carbocycles. The third-order valence-electron chi connectivity index (χ3n) is 7.10. The van der Waals surface area contributed by atoms with Crippen LogP contribution in [0, 0.1) is 0 Å². The van der Waals surface area contributed by atoms with Gasteiger partial charge in [-0.1, -0.05) is 43.7 Å². The Kier molecular flexibility index (Phi) is 19.0. The smallest absolute Gasteiger partial charge is 0.408 e. The van der Waals surface area contributed by atoms with E-state index in [4.69, 9.17) is 14.2 Å². The van der Waals surface area contributed by atoms with Gasteiger partial charge in [-0.15, -0.1) is 0 Å². The van der Waals surface area contributed by atoms with Gasteiger partial charge in [-0.25, -0.2) is 9.59 Å². The number of amides is 5. The molecule has 288 valence electrons. The molecule has 1 aromatic carbocycles. The predicted octanol–water partition coefficient (Wildman–Crippen LogP) is 3.32. The number of nitrogens with one attached hydrogen (secondary N) is 4. The molecule has 0 saturated heterocycles. The first-order chi connectivity index (χ1) is 23.7. The van der Waals surface area contributed by atoms with Crippen LogP contribution in [0.2, 0.25) is 0 Å². The molecule has 4 atom stereocenters. The molecule has 5 amide bonds. The van der Waals surface area contributed by atoms with E-state index in [-0.39, 0.29) is 38.3 Å². The highest BCUT2D eigenvalue weighted by Gasteiger charge is 2.33. The van der Waals surface area contributed by atoms with E-state index in [9.17, 15) is 33.9 Å². The lowest BCUT2D eigenvalue weighted by Crippen LogP contribution is -2.57. The van der Waals surface area contributed by atoms with Gasteiger partial charge in [0.25, 0.3) is 5.91 Å². The molecule has 1 rings (SSSR count). The minimum atomic E-state index is -1.79. The number of likely N-dealkylation sites (N-methyl/N-ethyl adjacent to an activating group) is 1. The Morgan fingerprint density at radius 2 is 1.39 bits per heavy atom. The van der Waals surface area contributed by atoms with Gasteiger partial charge in [-0.2, -0.15) is 0 Å². The molecule has 0 aromatic heterocycles. The number of aliphatic hydroxyl groups excluding tert-OH is 1. The molecule has 15 heteroatoms. The average molecular weight is 722 g/mol. The Morgan fingerprint density at radius 3 is 1.96 bits per heavy atom. The van der Waals surface area contributed by atoms with Crippen LogP contribution < -0.4 is 21.3 Å². The number of rotatable bonds is 19. The number of aliphatic hydroxyl groups is 1. The van der Waals surface area contributed by atoms with E-state index in [0.29, 0.717) is 31.2 Å². The quantitative estimate of drug-likeness (QED) is 0.0802. The maximum atomic E-state index is 13.7. The van der Waals surface area contributed by atoms with E-state index >= 15 is 0 Å². The summed E-state index contributed by atoms with van der Waals surface area (Å²) in [5.74, 6) is -2.61. The standard InChI is InChI=1S/C36H59N5O10/c1-10-16-27(32(46)41(8)9)39-31(45)29(43)25(19-14-15-22-37-33(47)51-36(5,6)7)38-30(44)26(20-21-28(42)50-35(2,3)4)40-34(48)49-23-24-17-12-11-13-18-24/h11-13,17-18,25-27,29,43H,10,14-16,19-23H2,1-9H3,(H,37,47)(H,38,44)(H,39,45)(H,40,48)/t25-,26-,27-,29?/m0/s1. The number of nitrogens with zero attached hydrogens (tertiary/aromatic N) is 1. The Bertz CT molecular complexity index is 1280. The van der Waals surface area contributed by atoms with E-state index in [1.165, 1.54) is 4.90 Å². The van der Waals surface area contributed by atoms with Gasteiger partial charge in [0.1, 0.15) is 29.9 Å². The molecule has 1 unspecified atom stereocenters. The number of unbranched alkanes of at least 4 members (excludes halogenated alkanes) is 1. The Labute approximate surface area is 301 Å². The van der Waals surface area contributed by atoms with Crippen molar-refractivity contribution < 1.29 is 48.1 Å². The maximum absolute atomic E-state index is 13.7. The maximum Gasteiger partial charge on any atom is 0.408 e. The topological polar surface area (TPSA) is 202 Å². The fraction of sp³-hybridized carbons (Fsp3) is 0.667. The number of ether oxygens (including phenoxy) is 3. The number of hydrogen-bond acceptors (Lipinski definition) is 10. The zero-order valence-electron chi connectivity index (χ0n) is 31.6. The average Bonchev–Trinajstić information content (AvgIpc) is 3.02. The molecule has 51 heavy (non-hydrogen) atoms. The summed E-state index contributed by atoms with van der Waals surface area (Å²) < 4.78 is 15.9. The van der Waals surface area contributed by atoms with Gasteiger partial charge >= 0.3 is 18.2 Å². The summed E-state index contributed by atoms with van der Waals surface area (Å²) in [6, 6.07) is 5.51. The molecular weight excluding hydrogens is 662 g/mol. The Balaban J connectivity index is 3.17. The molecule has 0 heterocycles. The zero-order valence-corrected chi connectivity index (χ0v) is 31.6. The van der Waals surface area contributed by atoms with E-state index in [1.54, 1.807) is 79.9 Å². The van der Waals surface area contributed by atoms with Gasteiger partial charge in [0.2, 0.25) is 11.8 Å². The van der Waals surface area contributed by atoms with Crippen molar-refractivity contribution in [2.24, 2.45) is 0 Å². The van der Waals surface area contributed by atoms with Crippen LogP contribution in [0.25, 0.3) is 0 Å². The summed E-state index contributed by atoms with van der Waals surface area (Å²) in [6.07, 6.45) is -1.99. The lowest BCUT2D eigenvalue weighted by Gasteiger charge is -2.28. The van der Waals surface area contributed by atoms with Crippen molar-refractivity contribution in [3.05, 3.63) is 35.9 Å². The highest BCUT2D eigenvalue weighted by atomic mass is 16.6. The third-order valence-corrected chi connectivity index (χ3v) is 7.10. The minimum Gasteiger partial charge on any atom is -0.460 e. The van der Waals surface area contributed by atoms with Gasteiger partial charge in [0.05, 0.1) is 6.04 Å². The number of benzene rings is 1. The van der Waals surface area contributed by atoms with E-state index in [0.717, 1.165) is 0 Å². The van der Waals surface area contributed by atoms with Gasteiger partial charge in [0.15, 0.2) is 6.10 Å². The molecule has 0 spiro atoms. The van der Waals surface area contributed by atoms with E-state index in [2.05, 4.69) is 21.3 Å². The van der Waals surface area contributed by atoms with E-state index < -0.39 is 65.4 Å². The summed E-state index contributed by atoms with van der Waals surface area (Å²) in [6.45, 7) is 12.3. The van der Waals surface area contributed by atoms with Crippen LogP contribution in [0.4, 0.5) is 9.59 Å². The van der Waals surface area contributed by atoms with Crippen LogP contribution in [0.15, 0.2) is 30.3 Å². The SMILES string of the molecule is CCC[C@H](NC(=O)C(O)[C@H](CCCCNC(=O)OC(C)(C)C)NC(=O)[C@H](CCC(=O)OC(C)(C)C)NC(=O)OCc1ccccc1)C(=O)N(C)C. The number of esters is 1. The highest BCUT2D eigenvalue weighted by Crippen LogP contribution is 2.13. The first-order valence-corrected chi connectivity index (χ1v) is 17.4. The van der Waals surface area contributed by atoms with Crippen molar-refractivity contribution in [1.29, 1.82) is 0 Å². The van der Waals surface area contributed by atoms with Crippen LogP contribution in [0.5, 0.6) is 0 Å². The van der Waals surface area contributed by atoms with Crippen molar-refractivity contribution in [3.8, 4) is 0 Å². The van der Waals surface area contributed by atoms with Crippen molar-refractivity contribution in [3.63, 3.8) is 0 Å². The third kappa shape index (κ3) is 19.5. The summed E-state index contributed by atoms with van der Waals surface area (Å²) in [4.78, 5) is 78.4. The van der Waals surface area contributed by atoms with Gasteiger partial charge in [-0.05, 0) is 79.2 Å². The fourth-order valence-corrected chi connectivity index (χ4v) is 4.71. The molecular formula is C36H59N5O10. The summed E-state index contributed by atoms with van der Waals surface area (Å²) >= 11 is 0. The normalized spacial score (nSPS) is 13.8. The van der Waals surface area contributed by atoms with Gasteiger partial charge in [-0.3, -0.25) is 19.2 Å². The lowest BCUT2D eigenvalue weighted by molar-refractivity contribution is -0.155. The summed E-state index contributed by atoms with van der Waals surface area (Å²) in [5, 5.41) is 21.6. The molecule has 5 N–H and O–H groups in total. The number of hydrogen-bond donors (Lipinski definition) is 5. The molecule has 0 radical (unpaired) electrons. The molecule has 0 fully saturated rings. The second-order valence-corrected chi connectivity index (χ2v) is 14.5. The molecule has 0 aliphatic rings. The monoisotopic (exact) mass is 721 g/mol. The number of alkyl carbamates (subject to hydrolysis) is 2. The van der Waals surface area contributed by atoms with Crippen LogP contribution in [-0.2, 0) is 40.0 Å². The second kappa shape index (κ2) is 21.7. The van der Waals surface area contributed by atoms with Gasteiger partial charge in [0, 0.05) is 27.1 Å².